The van der Waals surface area contributed by atoms with E-state index >= 15 is 0 Å². The second-order valence-electron chi connectivity index (χ2n) is 3.98. The molecule has 1 aromatic carbocycles. The molecule has 1 aliphatic rings. The van der Waals surface area contributed by atoms with Crippen molar-refractivity contribution in [1.29, 1.82) is 0 Å². The molecule has 0 bridgehead atoms. The molecule has 0 aliphatic carbocycles. The van der Waals surface area contributed by atoms with Crippen LogP contribution in [-0.4, -0.2) is 22.5 Å². The predicted molar refractivity (Wildman–Crippen MR) is 74.8 cm³/mol. The summed E-state index contributed by atoms with van der Waals surface area (Å²) in [6, 6.07) is 5.55. The summed E-state index contributed by atoms with van der Waals surface area (Å²) < 4.78 is 0.524. The highest BCUT2D eigenvalue weighted by molar-refractivity contribution is 9.10. The maximum Gasteiger partial charge on any atom is 0.283 e. The molecule has 1 atom stereocenters. The van der Waals surface area contributed by atoms with Crippen molar-refractivity contribution in [1.82, 2.24) is 0 Å². The van der Waals surface area contributed by atoms with Gasteiger partial charge in [0.2, 0.25) is 0 Å². The van der Waals surface area contributed by atoms with Crippen molar-refractivity contribution in [3.05, 3.63) is 32.8 Å². The maximum absolute atomic E-state index is 10.7. The zero-order chi connectivity index (χ0) is 12.3. The van der Waals surface area contributed by atoms with Crippen molar-refractivity contribution >= 4 is 39.1 Å². The standard InChI is InChI=1S/C11H13BrN2O2S/c12-10-6-8(3-4-11(10)14(15)16)13-9-2-1-5-17-7-9/h3-4,6,9,13H,1-2,5,7H2. The highest BCUT2D eigenvalue weighted by Crippen LogP contribution is 2.29. The molecule has 0 amide bonds. The molecule has 1 heterocycles. The average Bonchev–Trinajstić information content (AvgIpc) is 2.30. The van der Waals surface area contributed by atoms with Gasteiger partial charge in [0.05, 0.1) is 9.40 Å². The molecule has 92 valence electrons. The zero-order valence-corrected chi connectivity index (χ0v) is 11.6. The SMILES string of the molecule is O=[N+]([O-])c1ccc(NC2CCCSC2)cc1Br. The monoisotopic (exact) mass is 316 g/mol. The van der Waals surface area contributed by atoms with Crippen LogP contribution in [0, 0.1) is 10.1 Å². The number of hydrogen-bond acceptors (Lipinski definition) is 4. The highest BCUT2D eigenvalue weighted by atomic mass is 79.9. The lowest BCUT2D eigenvalue weighted by molar-refractivity contribution is -0.385. The van der Waals surface area contributed by atoms with E-state index in [-0.39, 0.29) is 10.6 Å². The lowest BCUT2D eigenvalue weighted by atomic mass is 10.1. The number of benzene rings is 1. The van der Waals surface area contributed by atoms with Crippen molar-refractivity contribution in [2.24, 2.45) is 0 Å². The van der Waals surface area contributed by atoms with Crippen LogP contribution in [0.5, 0.6) is 0 Å². The Hall–Kier alpha value is -0.750. The Bertz CT molecular complexity index is 422. The first kappa shape index (κ1) is 12.7. The number of halogens is 1. The fourth-order valence-corrected chi connectivity index (χ4v) is 3.43. The van der Waals surface area contributed by atoms with E-state index in [1.165, 1.54) is 24.7 Å². The van der Waals surface area contributed by atoms with E-state index in [0.29, 0.717) is 10.5 Å². The van der Waals surface area contributed by atoms with Gasteiger partial charge in [-0.15, -0.1) is 0 Å². The first-order chi connectivity index (χ1) is 8.16. The molecule has 0 spiro atoms. The van der Waals surface area contributed by atoms with Crippen LogP contribution >= 0.6 is 27.7 Å². The average molecular weight is 317 g/mol. The van der Waals surface area contributed by atoms with Crippen LogP contribution in [-0.2, 0) is 0 Å². The van der Waals surface area contributed by atoms with Gasteiger partial charge in [-0.1, -0.05) is 0 Å². The van der Waals surface area contributed by atoms with Crippen LogP contribution in [0.2, 0.25) is 0 Å². The van der Waals surface area contributed by atoms with Crippen LogP contribution in [0.25, 0.3) is 0 Å². The molecule has 17 heavy (non-hydrogen) atoms. The van der Waals surface area contributed by atoms with E-state index in [9.17, 15) is 10.1 Å². The summed E-state index contributed by atoms with van der Waals surface area (Å²) in [4.78, 5) is 10.3. The Labute approximate surface area is 112 Å². The molecule has 4 nitrogen and oxygen atoms in total. The van der Waals surface area contributed by atoms with E-state index in [0.717, 1.165) is 11.4 Å². The van der Waals surface area contributed by atoms with Crippen LogP contribution in [0.15, 0.2) is 22.7 Å². The molecule has 0 aromatic heterocycles. The van der Waals surface area contributed by atoms with Gasteiger partial charge in [-0.05, 0) is 46.7 Å². The molecular formula is C11H13BrN2O2S. The third-order valence-corrected chi connectivity index (χ3v) is 4.53. The summed E-state index contributed by atoms with van der Waals surface area (Å²) in [5, 5.41) is 14.1. The van der Waals surface area contributed by atoms with Gasteiger partial charge in [-0.25, -0.2) is 0 Å². The Kier molecular flexibility index (Phi) is 4.28. The van der Waals surface area contributed by atoms with Gasteiger partial charge < -0.3 is 5.32 Å². The number of hydrogen-bond donors (Lipinski definition) is 1. The minimum absolute atomic E-state index is 0.105. The first-order valence-electron chi connectivity index (χ1n) is 5.45. The smallest absolute Gasteiger partial charge is 0.283 e. The van der Waals surface area contributed by atoms with Gasteiger partial charge in [0.1, 0.15) is 0 Å². The number of nitro benzene ring substituents is 1. The number of rotatable bonds is 3. The van der Waals surface area contributed by atoms with Crippen molar-refractivity contribution in [2.75, 3.05) is 16.8 Å². The largest absolute Gasteiger partial charge is 0.381 e. The molecule has 1 N–H and O–H groups in total. The van der Waals surface area contributed by atoms with E-state index in [1.54, 1.807) is 12.1 Å². The van der Waals surface area contributed by atoms with Gasteiger partial charge >= 0.3 is 0 Å². The van der Waals surface area contributed by atoms with E-state index < -0.39 is 0 Å². The van der Waals surface area contributed by atoms with E-state index in [2.05, 4.69) is 21.2 Å². The minimum atomic E-state index is -0.385. The first-order valence-corrected chi connectivity index (χ1v) is 7.40. The molecule has 1 aliphatic heterocycles. The normalized spacial score (nSPS) is 19.9. The van der Waals surface area contributed by atoms with Crippen molar-refractivity contribution < 1.29 is 4.92 Å². The Balaban J connectivity index is 2.06. The summed E-state index contributed by atoms with van der Waals surface area (Å²) in [5.41, 5.74) is 1.04. The maximum atomic E-state index is 10.7. The fraction of sp³-hybridized carbons (Fsp3) is 0.455. The van der Waals surface area contributed by atoms with Crippen LogP contribution < -0.4 is 5.32 Å². The quantitative estimate of drug-likeness (QED) is 0.683. The van der Waals surface area contributed by atoms with Crippen molar-refractivity contribution in [3.8, 4) is 0 Å². The van der Waals surface area contributed by atoms with Crippen molar-refractivity contribution in [2.45, 2.75) is 18.9 Å². The molecule has 0 saturated carbocycles. The summed E-state index contributed by atoms with van der Waals surface area (Å²) in [5.74, 6) is 2.34. The van der Waals surface area contributed by atoms with Crippen molar-refractivity contribution in [3.63, 3.8) is 0 Å². The number of nitrogens with one attached hydrogen (secondary N) is 1. The van der Waals surface area contributed by atoms with Crippen LogP contribution in [0.4, 0.5) is 11.4 Å². The molecule has 1 aromatic rings. The van der Waals surface area contributed by atoms with Crippen LogP contribution in [0.3, 0.4) is 0 Å². The lowest BCUT2D eigenvalue weighted by Gasteiger charge is -2.23. The van der Waals surface area contributed by atoms with Gasteiger partial charge in [0, 0.05) is 23.5 Å². The molecule has 6 heteroatoms. The Morgan fingerprint density at radius 1 is 1.53 bits per heavy atom. The highest BCUT2D eigenvalue weighted by Gasteiger charge is 2.15. The number of thioether (sulfide) groups is 1. The fourth-order valence-electron chi connectivity index (χ4n) is 1.84. The summed E-state index contributed by atoms with van der Waals surface area (Å²) in [6.07, 6.45) is 2.40. The van der Waals surface area contributed by atoms with E-state index in [1.807, 2.05) is 11.8 Å². The third kappa shape index (κ3) is 3.35. The Morgan fingerprint density at radius 2 is 2.35 bits per heavy atom. The second-order valence-corrected chi connectivity index (χ2v) is 5.99. The molecular weight excluding hydrogens is 304 g/mol. The summed E-state index contributed by atoms with van der Waals surface area (Å²) in [6.45, 7) is 0. The molecule has 1 saturated heterocycles. The molecule has 1 unspecified atom stereocenters. The summed E-state index contributed by atoms with van der Waals surface area (Å²) >= 11 is 5.18. The zero-order valence-electron chi connectivity index (χ0n) is 9.19. The third-order valence-electron chi connectivity index (χ3n) is 2.68. The number of nitro groups is 1. The molecule has 1 fully saturated rings. The van der Waals surface area contributed by atoms with E-state index in [4.69, 9.17) is 0 Å². The topological polar surface area (TPSA) is 55.2 Å². The summed E-state index contributed by atoms with van der Waals surface area (Å²) in [7, 11) is 0. The van der Waals surface area contributed by atoms with Gasteiger partial charge in [0.15, 0.2) is 0 Å². The minimum Gasteiger partial charge on any atom is -0.381 e. The second kappa shape index (κ2) is 5.73. The predicted octanol–water partition coefficient (Wildman–Crippen LogP) is 3.66. The van der Waals surface area contributed by atoms with Crippen LogP contribution in [0.1, 0.15) is 12.8 Å². The molecule has 2 rings (SSSR count). The lowest BCUT2D eigenvalue weighted by Crippen LogP contribution is -2.25. The number of nitrogens with zero attached hydrogens (tertiary/aromatic N) is 1. The van der Waals surface area contributed by atoms with Gasteiger partial charge in [0.25, 0.3) is 5.69 Å². The van der Waals surface area contributed by atoms with Gasteiger partial charge in [-0.2, -0.15) is 11.8 Å². The number of anilines is 1. The molecule has 0 radical (unpaired) electrons. The Morgan fingerprint density at radius 3 is 2.94 bits per heavy atom. The van der Waals surface area contributed by atoms with Gasteiger partial charge in [-0.3, -0.25) is 10.1 Å².